The van der Waals surface area contributed by atoms with E-state index in [4.69, 9.17) is 15.3 Å². The highest BCUT2D eigenvalue weighted by molar-refractivity contribution is 6.39. The van der Waals surface area contributed by atoms with E-state index in [0.29, 0.717) is 5.75 Å². The zero-order valence-electron chi connectivity index (χ0n) is 5.40. The van der Waals surface area contributed by atoms with E-state index in [-0.39, 0.29) is 0 Å². The molecular formula is C6H8BNO2. The number of hydrogen-bond acceptors (Lipinski definition) is 3. The molecule has 1 rings (SSSR count). The Kier molecular flexibility index (Phi) is 2.31. The monoisotopic (exact) mass is 137 g/mol. The molecule has 0 atom stereocenters. The summed E-state index contributed by atoms with van der Waals surface area (Å²) in [5, 5.41) is 8.56. The van der Waals surface area contributed by atoms with E-state index < -0.39 is 7.25 Å². The topological polar surface area (TPSA) is 55.5 Å². The molecule has 0 saturated heterocycles. The molecule has 0 heterocycles. The fourth-order valence-electron chi connectivity index (χ4n) is 0.638. The summed E-state index contributed by atoms with van der Waals surface area (Å²) >= 11 is 0. The van der Waals surface area contributed by atoms with Gasteiger partial charge in [-0.05, 0) is 12.1 Å². The second-order valence-corrected chi connectivity index (χ2v) is 1.82. The smallest absolute Gasteiger partial charge is 0.523 e. The zero-order valence-corrected chi connectivity index (χ0v) is 5.40. The minimum atomic E-state index is -1.23. The van der Waals surface area contributed by atoms with Crippen molar-refractivity contribution in [1.29, 1.82) is 0 Å². The fraction of sp³-hybridized carbons (Fsp3) is 0. The molecule has 0 amide bonds. The minimum absolute atomic E-state index is 0.567. The van der Waals surface area contributed by atoms with Crippen LogP contribution in [0.1, 0.15) is 0 Å². The van der Waals surface area contributed by atoms with Crippen LogP contribution in [-0.2, 0) is 0 Å². The summed E-state index contributed by atoms with van der Waals surface area (Å²) in [4.78, 5) is 0. The van der Waals surface area contributed by atoms with Crippen LogP contribution in [0.25, 0.3) is 0 Å². The molecule has 1 aromatic rings. The molecule has 10 heavy (non-hydrogen) atoms. The van der Waals surface area contributed by atoms with Gasteiger partial charge in [0.25, 0.3) is 0 Å². The van der Waals surface area contributed by atoms with Gasteiger partial charge in [0.15, 0.2) is 0 Å². The molecule has 0 aliphatic rings. The molecule has 0 spiro atoms. The first-order chi connectivity index (χ1) is 4.79. The van der Waals surface area contributed by atoms with Crippen molar-refractivity contribution >= 4 is 7.25 Å². The average Bonchev–Trinajstić information content (AvgIpc) is 1.88. The first-order valence-corrected chi connectivity index (χ1v) is 2.94. The average molecular weight is 137 g/mol. The lowest BCUT2D eigenvalue weighted by molar-refractivity contribution is 0.417. The molecule has 0 aliphatic heterocycles. The lowest BCUT2D eigenvalue weighted by Crippen LogP contribution is -2.32. The van der Waals surface area contributed by atoms with Gasteiger partial charge in [0.2, 0.25) is 0 Å². The van der Waals surface area contributed by atoms with Crippen LogP contribution >= 0.6 is 0 Å². The predicted molar refractivity (Wildman–Crippen MR) is 39.2 cm³/mol. The molecule has 0 saturated carbocycles. The molecule has 1 aromatic carbocycles. The van der Waals surface area contributed by atoms with Crippen LogP contribution < -0.4 is 10.3 Å². The summed E-state index contributed by atoms with van der Waals surface area (Å²) in [6.07, 6.45) is 0. The van der Waals surface area contributed by atoms with Crippen molar-refractivity contribution in [2.75, 3.05) is 0 Å². The van der Waals surface area contributed by atoms with E-state index >= 15 is 0 Å². The van der Waals surface area contributed by atoms with Crippen molar-refractivity contribution in [2.45, 2.75) is 0 Å². The molecule has 0 radical (unpaired) electrons. The van der Waals surface area contributed by atoms with E-state index in [9.17, 15) is 0 Å². The van der Waals surface area contributed by atoms with E-state index in [1.165, 1.54) is 0 Å². The lowest BCUT2D eigenvalue weighted by Gasteiger charge is -2.02. The Balaban J connectivity index is 2.59. The molecule has 52 valence electrons. The summed E-state index contributed by atoms with van der Waals surface area (Å²) in [6, 6.07) is 8.90. The van der Waals surface area contributed by atoms with Gasteiger partial charge in [0, 0.05) is 0 Å². The Morgan fingerprint density at radius 3 is 2.40 bits per heavy atom. The van der Waals surface area contributed by atoms with Gasteiger partial charge in [-0.1, -0.05) is 18.2 Å². The molecule has 3 nitrogen and oxygen atoms in total. The lowest BCUT2D eigenvalue weighted by atomic mass is 10.2. The van der Waals surface area contributed by atoms with Gasteiger partial charge >= 0.3 is 7.25 Å². The van der Waals surface area contributed by atoms with E-state index in [0.717, 1.165) is 0 Å². The van der Waals surface area contributed by atoms with Crippen LogP contribution in [0.4, 0.5) is 0 Å². The van der Waals surface area contributed by atoms with Gasteiger partial charge in [-0.2, -0.15) is 0 Å². The quantitative estimate of drug-likeness (QED) is 0.564. The van der Waals surface area contributed by atoms with Crippen molar-refractivity contribution in [3.05, 3.63) is 30.3 Å². The largest absolute Gasteiger partial charge is 0.620 e. The summed E-state index contributed by atoms with van der Waals surface area (Å²) in [7, 11) is -1.23. The van der Waals surface area contributed by atoms with Crippen LogP contribution in [0, 0.1) is 0 Å². The van der Waals surface area contributed by atoms with E-state index in [2.05, 4.69) is 0 Å². The Morgan fingerprint density at radius 1 is 1.30 bits per heavy atom. The fourth-order valence-corrected chi connectivity index (χ4v) is 0.638. The molecular weight excluding hydrogens is 129 g/mol. The molecule has 0 unspecified atom stereocenters. The normalized spacial score (nSPS) is 9.00. The SMILES string of the molecule is NB(O)Oc1ccccc1. The molecule has 0 aromatic heterocycles. The highest BCUT2D eigenvalue weighted by atomic mass is 16.5. The third kappa shape index (κ3) is 2.09. The number of nitrogens with two attached hydrogens (primary N) is 1. The Bertz CT molecular complexity index is 190. The standard InChI is InChI=1S/C6H8BNO2/c8-7(9)10-6-4-2-1-3-5-6/h1-5,9H,8H2. The van der Waals surface area contributed by atoms with Crippen molar-refractivity contribution in [1.82, 2.24) is 0 Å². The van der Waals surface area contributed by atoms with Crippen LogP contribution in [0.15, 0.2) is 30.3 Å². The molecule has 0 bridgehead atoms. The van der Waals surface area contributed by atoms with E-state index in [1.807, 2.05) is 6.07 Å². The van der Waals surface area contributed by atoms with Gasteiger partial charge < -0.3 is 15.3 Å². The predicted octanol–water partition coefficient (Wildman–Crippen LogP) is 0.00130. The summed E-state index contributed by atoms with van der Waals surface area (Å²) < 4.78 is 4.75. The Hall–Kier alpha value is -0.995. The second-order valence-electron chi connectivity index (χ2n) is 1.82. The van der Waals surface area contributed by atoms with Gasteiger partial charge in [0.05, 0.1) is 0 Å². The molecule has 0 fully saturated rings. The van der Waals surface area contributed by atoms with E-state index in [1.54, 1.807) is 24.3 Å². The van der Waals surface area contributed by atoms with Crippen LogP contribution in [0.2, 0.25) is 0 Å². The van der Waals surface area contributed by atoms with Crippen molar-refractivity contribution in [3.8, 4) is 5.75 Å². The van der Waals surface area contributed by atoms with Crippen LogP contribution in [0.3, 0.4) is 0 Å². The van der Waals surface area contributed by atoms with Crippen LogP contribution in [0.5, 0.6) is 5.75 Å². The minimum Gasteiger partial charge on any atom is -0.523 e. The van der Waals surface area contributed by atoms with Gasteiger partial charge in [-0.25, -0.2) is 0 Å². The number of hydrogen-bond donors (Lipinski definition) is 2. The second kappa shape index (κ2) is 3.24. The molecule has 4 heteroatoms. The zero-order chi connectivity index (χ0) is 7.40. The first kappa shape index (κ1) is 7.12. The van der Waals surface area contributed by atoms with Crippen LogP contribution in [-0.4, -0.2) is 12.3 Å². The maximum absolute atomic E-state index is 8.56. The number of rotatable bonds is 2. The van der Waals surface area contributed by atoms with Gasteiger partial charge in [-0.3, -0.25) is 0 Å². The van der Waals surface area contributed by atoms with Crippen molar-refractivity contribution in [2.24, 2.45) is 5.64 Å². The number of para-hydroxylation sites is 1. The third-order valence-corrected chi connectivity index (χ3v) is 1.00. The van der Waals surface area contributed by atoms with Crippen molar-refractivity contribution in [3.63, 3.8) is 0 Å². The van der Waals surface area contributed by atoms with Gasteiger partial charge in [-0.15, -0.1) is 0 Å². The third-order valence-electron chi connectivity index (χ3n) is 1.00. The molecule has 3 N–H and O–H groups in total. The first-order valence-electron chi connectivity index (χ1n) is 2.94. The van der Waals surface area contributed by atoms with Crippen molar-refractivity contribution < 1.29 is 9.68 Å². The molecule has 0 aliphatic carbocycles. The highest BCUT2D eigenvalue weighted by Crippen LogP contribution is 2.07. The maximum atomic E-state index is 8.56. The van der Waals surface area contributed by atoms with Gasteiger partial charge in [0.1, 0.15) is 5.75 Å². The summed E-state index contributed by atoms with van der Waals surface area (Å²) in [5.41, 5.74) is 4.96. The highest BCUT2D eigenvalue weighted by Gasteiger charge is 2.05. The summed E-state index contributed by atoms with van der Waals surface area (Å²) in [6.45, 7) is 0. The summed E-state index contributed by atoms with van der Waals surface area (Å²) in [5.74, 6) is 0.567. The number of benzene rings is 1. The Morgan fingerprint density at radius 2 is 1.90 bits per heavy atom. The maximum Gasteiger partial charge on any atom is 0.620 e. The Labute approximate surface area is 59.6 Å².